The number of imidazole rings is 1. The molecule has 1 aliphatic rings. The third kappa shape index (κ3) is 3.21. The molecule has 0 radical (unpaired) electrons. The summed E-state index contributed by atoms with van der Waals surface area (Å²) in [6.07, 6.45) is 6.07. The zero-order valence-electron chi connectivity index (χ0n) is 11.7. The molecule has 0 saturated carbocycles. The van der Waals surface area contributed by atoms with Crippen LogP contribution in [0.3, 0.4) is 0 Å². The molecule has 3 rings (SSSR count). The van der Waals surface area contributed by atoms with Crippen LogP contribution in [0.15, 0.2) is 29.9 Å². The van der Waals surface area contributed by atoms with Gasteiger partial charge in [0.2, 0.25) is 0 Å². The Kier molecular flexibility index (Phi) is 4.15. The van der Waals surface area contributed by atoms with Gasteiger partial charge < -0.3 is 4.90 Å². The number of carbonyl (C=O) groups excluding carboxylic acids is 2. The van der Waals surface area contributed by atoms with E-state index < -0.39 is 0 Å². The summed E-state index contributed by atoms with van der Waals surface area (Å²) in [5, 5.41) is 1.90. The summed E-state index contributed by atoms with van der Waals surface area (Å²) in [5.41, 5.74) is 0. The second-order valence-corrected chi connectivity index (χ2v) is 6.15. The molecule has 6 heteroatoms. The Balaban J connectivity index is 1.66. The first kappa shape index (κ1) is 14.0. The molecule has 3 heterocycles. The van der Waals surface area contributed by atoms with Crippen molar-refractivity contribution in [2.45, 2.75) is 25.8 Å². The van der Waals surface area contributed by atoms with E-state index in [1.165, 1.54) is 11.3 Å². The highest BCUT2D eigenvalue weighted by atomic mass is 32.1. The average Bonchev–Trinajstić information content (AvgIpc) is 3.22. The Morgan fingerprint density at radius 1 is 1.33 bits per heavy atom. The van der Waals surface area contributed by atoms with Crippen LogP contribution in [0.2, 0.25) is 0 Å². The SMILES string of the molecule is O=C(Cc1[nH]cc[n+]1CC(=O)N1CCCC1)c1cccs1. The van der Waals surface area contributed by atoms with Crippen LogP contribution in [0.5, 0.6) is 0 Å². The molecule has 1 aliphatic heterocycles. The highest BCUT2D eigenvalue weighted by Crippen LogP contribution is 2.11. The summed E-state index contributed by atoms with van der Waals surface area (Å²) in [4.78, 5) is 30.1. The predicted molar refractivity (Wildman–Crippen MR) is 79.2 cm³/mol. The van der Waals surface area contributed by atoms with E-state index in [1.54, 1.807) is 6.20 Å². The molecule has 2 aromatic rings. The van der Waals surface area contributed by atoms with E-state index in [1.807, 2.05) is 33.2 Å². The molecule has 0 aliphatic carbocycles. The first-order valence-electron chi connectivity index (χ1n) is 7.14. The molecule has 2 aromatic heterocycles. The number of rotatable bonds is 5. The van der Waals surface area contributed by atoms with Gasteiger partial charge in [-0.05, 0) is 24.3 Å². The van der Waals surface area contributed by atoms with Crippen molar-refractivity contribution in [2.24, 2.45) is 0 Å². The highest BCUT2D eigenvalue weighted by Gasteiger charge is 2.23. The van der Waals surface area contributed by atoms with Crippen molar-refractivity contribution < 1.29 is 14.2 Å². The molecule has 1 N–H and O–H groups in total. The number of H-pyrrole nitrogens is 1. The summed E-state index contributed by atoms with van der Waals surface area (Å²) in [6, 6.07) is 3.70. The number of likely N-dealkylation sites (tertiary alicyclic amines) is 1. The van der Waals surface area contributed by atoms with Crippen molar-refractivity contribution in [1.82, 2.24) is 9.88 Å². The van der Waals surface area contributed by atoms with Crippen molar-refractivity contribution in [3.8, 4) is 0 Å². The van der Waals surface area contributed by atoms with Gasteiger partial charge in [0.25, 0.3) is 11.7 Å². The van der Waals surface area contributed by atoms with Crippen molar-refractivity contribution in [3.05, 3.63) is 40.6 Å². The van der Waals surface area contributed by atoms with Gasteiger partial charge in [0.1, 0.15) is 18.8 Å². The minimum absolute atomic E-state index is 0.0785. The predicted octanol–water partition coefficient (Wildman–Crippen LogP) is 1.41. The van der Waals surface area contributed by atoms with Crippen molar-refractivity contribution >= 4 is 23.0 Å². The number of ketones is 1. The van der Waals surface area contributed by atoms with E-state index in [9.17, 15) is 9.59 Å². The number of nitrogens with one attached hydrogen (secondary N) is 1. The molecular formula is C15H18N3O2S+. The standard InChI is InChI=1S/C15H17N3O2S/c19-12(13-4-3-9-21-13)10-14-16-5-8-18(14)11-15(20)17-6-1-2-7-17/h3-5,8-9H,1-2,6-7,10-11H2/p+1. The van der Waals surface area contributed by atoms with E-state index in [0.717, 1.165) is 36.6 Å². The lowest BCUT2D eigenvalue weighted by molar-refractivity contribution is -0.690. The number of Topliss-reactive ketones (excluding diaryl/α,β-unsaturated/α-hetero) is 1. The van der Waals surface area contributed by atoms with E-state index >= 15 is 0 Å². The van der Waals surface area contributed by atoms with Crippen molar-refractivity contribution in [2.75, 3.05) is 13.1 Å². The minimum Gasteiger partial charge on any atom is -0.339 e. The van der Waals surface area contributed by atoms with E-state index in [0.29, 0.717) is 13.0 Å². The molecule has 110 valence electrons. The van der Waals surface area contributed by atoms with Crippen LogP contribution >= 0.6 is 11.3 Å². The van der Waals surface area contributed by atoms with E-state index in [4.69, 9.17) is 0 Å². The van der Waals surface area contributed by atoms with Crippen LogP contribution in [-0.4, -0.2) is 34.7 Å². The fourth-order valence-electron chi connectivity index (χ4n) is 2.59. The highest BCUT2D eigenvalue weighted by molar-refractivity contribution is 7.12. The normalized spacial score (nSPS) is 14.6. The summed E-state index contributed by atoms with van der Waals surface area (Å²) >= 11 is 1.45. The molecule has 5 nitrogen and oxygen atoms in total. The van der Waals surface area contributed by atoms with E-state index in [2.05, 4.69) is 4.98 Å². The summed E-state index contributed by atoms with van der Waals surface area (Å²) in [6.45, 7) is 2.01. The van der Waals surface area contributed by atoms with Gasteiger partial charge in [-0.3, -0.25) is 9.59 Å². The molecule has 1 amide bonds. The molecular weight excluding hydrogens is 286 g/mol. The number of nitrogens with zero attached hydrogens (tertiary/aromatic N) is 2. The third-order valence-corrected chi connectivity index (χ3v) is 4.65. The Hall–Kier alpha value is -1.95. The van der Waals surface area contributed by atoms with Gasteiger partial charge in [-0.15, -0.1) is 11.3 Å². The smallest absolute Gasteiger partial charge is 0.264 e. The number of aromatic amines is 1. The molecule has 0 spiro atoms. The second-order valence-electron chi connectivity index (χ2n) is 5.20. The van der Waals surface area contributed by atoms with Crippen LogP contribution in [0, 0.1) is 0 Å². The van der Waals surface area contributed by atoms with Gasteiger partial charge in [0.15, 0.2) is 12.3 Å². The maximum atomic E-state index is 12.2. The van der Waals surface area contributed by atoms with Gasteiger partial charge in [-0.2, -0.15) is 0 Å². The quantitative estimate of drug-likeness (QED) is 0.671. The zero-order chi connectivity index (χ0) is 14.7. The number of hydrogen-bond donors (Lipinski definition) is 1. The summed E-state index contributed by atoms with van der Waals surface area (Å²) in [5.74, 6) is 0.984. The molecule has 0 atom stereocenters. The lowest BCUT2D eigenvalue weighted by atomic mass is 10.2. The first-order valence-corrected chi connectivity index (χ1v) is 8.02. The summed E-state index contributed by atoms with van der Waals surface area (Å²) in [7, 11) is 0. The molecule has 0 bridgehead atoms. The largest absolute Gasteiger partial charge is 0.339 e. The molecule has 0 aromatic carbocycles. The second kappa shape index (κ2) is 6.22. The van der Waals surface area contributed by atoms with Crippen LogP contribution < -0.4 is 4.57 Å². The van der Waals surface area contributed by atoms with Crippen molar-refractivity contribution in [1.29, 1.82) is 0 Å². The van der Waals surface area contributed by atoms with Crippen molar-refractivity contribution in [3.63, 3.8) is 0 Å². The van der Waals surface area contributed by atoms with Gasteiger partial charge in [-0.1, -0.05) is 6.07 Å². The molecule has 0 unspecified atom stereocenters. The van der Waals surface area contributed by atoms with Gasteiger partial charge in [-0.25, -0.2) is 9.55 Å². The monoisotopic (exact) mass is 304 g/mol. The lowest BCUT2D eigenvalue weighted by Crippen LogP contribution is -2.45. The molecule has 1 fully saturated rings. The van der Waals surface area contributed by atoms with Gasteiger partial charge >= 0.3 is 0 Å². The Morgan fingerprint density at radius 2 is 2.14 bits per heavy atom. The van der Waals surface area contributed by atoms with Crippen LogP contribution in [0.4, 0.5) is 0 Å². The number of amides is 1. The average molecular weight is 304 g/mol. The maximum Gasteiger partial charge on any atom is 0.264 e. The van der Waals surface area contributed by atoms with Crippen LogP contribution in [0.1, 0.15) is 28.3 Å². The Bertz CT molecular complexity index is 627. The number of hydrogen-bond acceptors (Lipinski definition) is 3. The van der Waals surface area contributed by atoms with Crippen LogP contribution in [-0.2, 0) is 17.8 Å². The topological polar surface area (TPSA) is 57.1 Å². The maximum absolute atomic E-state index is 12.2. The first-order chi connectivity index (χ1) is 10.2. The fourth-order valence-corrected chi connectivity index (χ4v) is 3.25. The van der Waals surface area contributed by atoms with Gasteiger partial charge in [0, 0.05) is 13.1 Å². The number of aromatic nitrogens is 2. The molecule has 21 heavy (non-hydrogen) atoms. The summed E-state index contributed by atoms with van der Waals surface area (Å²) < 4.78 is 1.84. The fraction of sp³-hybridized carbons (Fsp3) is 0.400. The van der Waals surface area contributed by atoms with E-state index in [-0.39, 0.29) is 11.7 Å². The zero-order valence-corrected chi connectivity index (χ0v) is 12.6. The van der Waals surface area contributed by atoms with Gasteiger partial charge in [0.05, 0.1) is 4.88 Å². The Morgan fingerprint density at radius 3 is 2.86 bits per heavy atom. The number of thiophene rings is 1. The molecule has 1 saturated heterocycles. The third-order valence-electron chi connectivity index (χ3n) is 3.74. The number of carbonyl (C=O) groups is 2. The van der Waals surface area contributed by atoms with Crippen LogP contribution in [0.25, 0.3) is 0 Å². The minimum atomic E-state index is 0.0785. The lowest BCUT2D eigenvalue weighted by Gasteiger charge is -2.13. The Labute approximate surface area is 127 Å².